The van der Waals surface area contributed by atoms with Crippen molar-refractivity contribution in [1.29, 1.82) is 0 Å². The Balaban J connectivity index is 1.83. The van der Waals surface area contributed by atoms with Gasteiger partial charge in [-0.1, -0.05) is 73.5 Å². The molecule has 1 saturated heterocycles. The molecule has 0 amide bonds. The van der Waals surface area contributed by atoms with Crippen LogP contribution in [0.1, 0.15) is 17.2 Å². The van der Waals surface area contributed by atoms with Crippen molar-refractivity contribution in [3.05, 3.63) is 71.8 Å². The number of nitrogens with zero attached hydrogens (tertiary/aromatic N) is 1. The molecule has 20 heavy (non-hydrogen) atoms. The molecular weight excluding hydrogens is 264 g/mol. The van der Waals surface area contributed by atoms with E-state index in [0.717, 1.165) is 19.6 Å². The minimum Gasteiger partial charge on any atom is -0.292 e. The molecule has 104 valence electrons. The maximum Gasteiger partial charge on any atom is 0.0602 e. The average molecular weight is 284 g/mol. The number of nitrogens with one attached hydrogen (secondary N) is 1. The third kappa shape index (κ3) is 2.90. The van der Waals surface area contributed by atoms with Crippen molar-refractivity contribution < 1.29 is 0 Å². The van der Waals surface area contributed by atoms with Gasteiger partial charge in [0.1, 0.15) is 0 Å². The molecule has 2 aromatic carbocycles. The topological polar surface area (TPSA) is 15.3 Å². The van der Waals surface area contributed by atoms with E-state index in [-0.39, 0.29) is 0 Å². The third-order valence-electron chi connectivity index (χ3n) is 3.96. The maximum atomic E-state index is 4.10. The first-order valence-corrected chi connectivity index (χ1v) is 7.54. The van der Waals surface area contributed by atoms with E-state index in [9.17, 15) is 0 Å². The largest absolute Gasteiger partial charge is 0.292 e. The molecular formula is C17H20N2S. The Kier molecular flexibility index (Phi) is 4.41. The molecule has 1 fully saturated rings. The standard InChI is InChI=1S/C17H20N2S/c20-18-11-14-12-19(13-14)17(15-7-3-1-4-8-15)16-9-5-2-6-10-16/h1-10,14,17-18,20H,11-13H2. The summed E-state index contributed by atoms with van der Waals surface area (Å²) >= 11 is 4.10. The van der Waals surface area contributed by atoms with Crippen molar-refractivity contribution in [2.75, 3.05) is 19.6 Å². The third-order valence-corrected chi connectivity index (χ3v) is 4.14. The highest BCUT2D eigenvalue weighted by molar-refractivity contribution is 7.78. The van der Waals surface area contributed by atoms with Gasteiger partial charge in [-0.15, -0.1) is 0 Å². The minimum absolute atomic E-state index is 0.369. The van der Waals surface area contributed by atoms with Gasteiger partial charge < -0.3 is 0 Å². The zero-order valence-corrected chi connectivity index (χ0v) is 12.3. The molecule has 1 heterocycles. The number of likely N-dealkylation sites (tertiary alicyclic amines) is 1. The fourth-order valence-corrected chi connectivity index (χ4v) is 3.22. The number of hydrogen-bond donors (Lipinski definition) is 2. The lowest BCUT2D eigenvalue weighted by Gasteiger charge is -2.44. The molecule has 2 nitrogen and oxygen atoms in total. The van der Waals surface area contributed by atoms with Crippen LogP contribution in [0.4, 0.5) is 0 Å². The van der Waals surface area contributed by atoms with Crippen molar-refractivity contribution >= 4 is 12.8 Å². The molecule has 3 rings (SSSR count). The molecule has 0 spiro atoms. The Bertz CT molecular complexity index is 484. The van der Waals surface area contributed by atoms with Gasteiger partial charge in [0.2, 0.25) is 0 Å². The Hall–Kier alpha value is -1.29. The summed E-state index contributed by atoms with van der Waals surface area (Å²) in [5.74, 6) is 0.711. The van der Waals surface area contributed by atoms with Gasteiger partial charge in [0.25, 0.3) is 0 Å². The van der Waals surface area contributed by atoms with Crippen LogP contribution in [0.3, 0.4) is 0 Å². The SMILES string of the molecule is SNCC1CN(C(c2ccccc2)c2ccccc2)C1. The summed E-state index contributed by atoms with van der Waals surface area (Å²) in [6.07, 6.45) is 0. The first-order chi connectivity index (χ1) is 9.88. The highest BCUT2D eigenvalue weighted by atomic mass is 32.1. The minimum atomic E-state index is 0.369. The molecule has 0 aromatic heterocycles. The van der Waals surface area contributed by atoms with Gasteiger partial charge in [0.05, 0.1) is 6.04 Å². The predicted molar refractivity (Wildman–Crippen MR) is 86.8 cm³/mol. The molecule has 1 aliphatic heterocycles. The van der Waals surface area contributed by atoms with Crippen LogP contribution in [0.2, 0.25) is 0 Å². The average Bonchev–Trinajstić information content (AvgIpc) is 2.47. The molecule has 0 aliphatic carbocycles. The van der Waals surface area contributed by atoms with Crippen LogP contribution >= 0.6 is 12.8 Å². The summed E-state index contributed by atoms with van der Waals surface area (Å²) in [5, 5.41) is 0. The van der Waals surface area contributed by atoms with E-state index in [0.29, 0.717) is 12.0 Å². The molecule has 0 atom stereocenters. The van der Waals surface area contributed by atoms with Gasteiger partial charge in [-0.2, -0.15) is 0 Å². The summed E-state index contributed by atoms with van der Waals surface area (Å²) in [5.41, 5.74) is 2.74. The summed E-state index contributed by atoms with van der Waals surface area (Å²) in [7, 11) is 0. The summed E-state index contributed by atoms with van der Waals surface area (Å²) < 4.78 is 2.98. The molecule has 1 N–H and O–H groups in total. The molecule has 0 bridgehead atoms. The smallest absolute Gasteiger partial charge is 0.0602 e. The normalized spacial score (nSPS) is 16.3. The lowest BCUT2D eigenvalue weighted by Crippen LogP contribution is -2.51. The number of rotatable bonds is 5. The predicted octanol–water partition coefficient (Wildman–Crippen LogP) is 3.14. The van der Waals surface area contributed by atoms with Crippen LogP contribution in [0.25, 0.3) is 0 Å². The van der Waals surface area contributed by atoms with Crippen LogP contribution in [0, 0.1) is 5.92 Å². The second-order valence-corrected chi connectivity index (χ2v) is 5.72. The molecule has 0 unspecified atom stereocenters. The van der Waals surface area contributed by atoms with E-state index >= 15 is 0 Å². The zero-order valence-electron chi connectivity index (χ0n) is 11.4. The number of hydrogen-bond acceptors (Lipinski definition) is 3. The van der Waals surface area contributed by atoms with Gasteiger partial charge in [0.15, 0.2) is 0 Å². The summed E-state index contributed by atoms with van der Waals surface area (Å²) in [4.78, 5) is 2.54. The van der Waals surface area contributed by atoms with Gasteiger partial charge in [-0.05, 0) is 17.0 Å². The van der Waals surface area contributed by atoms with Gasteiger partial charge in [0, 0.05) is 19.6 Å². The first kappa shape index (κ1) is 13.7. The zero-order chi connectivity index (χ0) is 13.8. The monoisotopic (exact) mass is 284 g/mol. The number of benzene rings is 2. The van der Waals surface area contributed by atoms with E-state index in [1.54, 1.807) is 0 Å². The Morgan fingerprint density at radius 1 is 0.950 bits per heavy atom. The van der Waals surface area contributed by atoms with Crippen molar-refractivity contribution in [1.82, 2.24) is 9.62 Å². The molecule has 2 aromatic rings. The molecule has 0 saturated carbocycles. The van der Waals surface area contributed by atoms with Crippen molar-refractivity contribution in [3.8, 4) is 0 Å². The second kappa shape index (κ2) is 6.44. The van der Waals surface area contributed by atoms with Gasteiger partial charge >= 0.3 is 0 Å². The van der Waals surface area contributed by atoms with Crippen molar-refractivity contribution in [2.45, 2.75) is 6.04 Å². The molecule has 3 heteroatoms. The van der Waals surface area contributed by atoms with Crippen molar-refractivity contribution in [2.24, 2.45) is 5.92 Å². The highest BCUT2D eigenvalue weighted by Crippen LogP contribution is 2.33. The summed E-state index contributed by atoms with van der Waals surface area (Å²) in [6, 6.07) is 21.9. The Morgan fingerprint density at radius 2 is 1.45 bits per heavy atom. The van der Waals surface area contributed by atoms with Gasteiger partial charge in [-0.3, -0.25) is 9.62 Å². The van der Waals surface area contributed by atoms with E-state index < -0.39 is 0 Å². The first-order valence-electron chi connectivity index (χ1n) is 7.09. The van der Waals surface area contributed by atoms with Crippen LogP contribution in [-0.2, 0) is 0 Å². The van der Waals surface area contributed by atoms with E-state index in [1.807, 2.05) is 0 Å². The van der Waals surface area contributed by atoms with Crippen LogP contribution in [0.5, 0.6) is 0 Å². The lowest BCUT2D eigenvalue weighted by molar-refractivity contribution is 0.0720. The quantitative estimate of drug-likeness (QED) is 0.820. The van der Waals surface area contributed by atoms with E-state index in [4.69, 9.17) is 0 Å². The lowest BCUT2D eigenvalue weighted by atomic mass is 9.90. The molecule has 1 aliphatic rings. The second-order valence-electron chi connectivity index (χ2n) is 5.41. The van der Waals surface area contributed by atoms with Crippen LogP contribution in [-0.4, -0.2) is 24.5 Å². The maximum absolute atomic E-state index is 4.10. The molecule has 0 radical (unpaired) electrons. The Labute approximate surface area is 126 Å². The van der Waals surface area contributed by atoms with Crippen LogP contribution in [0.15, 0.2) is 60.7 Å². The Morgan fingerprint density at radius 3 is 1.90 bits per heavy atom. The van der Waals surface area contributed by atoms with E-state index in [2.05, 4.69) is 83.1 Å². The van der Waals surface area contributed by atoms with Crippen molar-refractivity contribution in [3.63, 3.8) is 0 Å². The van der Waals surface area contributed by atoms with E-state index in [1.165, 1.54) is 11.1 Å². The highest BCUT2D eigenvalue weighted by Gasteiger charge is 2.33. The number of thiol groups is 1. The fraction of sp³-hybridized carbons (Fsp3) is 0.294. The van der Waals surface area contributed by atoms with Crippen LogP contribution < -0.4 is 4.72 Å². The van der Waals surface area contributed by atoms with Gasteiger partial charge in [-0.25, -0.2) is 0 Å². The summed E-state index contributed by atoms with van der Waals surface area (Å²) in [6.45, 7) is 3.24. The fourth-order valence-electron chi connectivity index (χ4n) is 2.96.